The number of nitrogens with one attached hydrogen (secondary N) is 1. The molecule has 0 saturated carbocycles. The van der Waals surface area contributed by atoms with Crippen molar-refractivity contribution in [1.29, 1.82) is 0 Å². The predicted molar refractivity (Wildman–Crippen MR) is 61.7 cm³/mol. The number of carbonyl (C=O) groups excluding carboxylic acids is 1. The number of hydrogen-bond acceptors (Lipinski definition) is 3. The Morgan fingerprint density at radius 1 is 1.44 bits per heavy atom. The van der Waals surface area contributed by atoms with Crippen molar-refractivity contribution >= 4 is 5.91 Å². The first kappa shape index (κ1) is 14.4. The Bertz CT molecular complexity index is 395. The van der Waals surface area contributed by atoms with Gasteiger partial charge in [-0.05, 0) is 18.6 Å². The summed E-state index contributed by atoms with van der Waals surface area (Å²) < 4.78 is 28.6. The largest absolute Gasteiger partial charge is 0.434 e. The molecule has 1 aromatic rings. The van der Waals surface area contributed by atoms with Gasteiger partial charge in [0.15, 0.2) is 0 Å². The molecule has 0 fully saturated rings. The van der Waals surface area contributed by atoms with Crippen LogP contribution in [0.2, 0.25) is 0 Å². The SMILES string of the molecule is CCC(CO)NC(=O)c1ccccc1OC(F)F. The van der Waals surface area contributed by atoms with Crippen LogP contribution in [0.25, 0.3) is 0 Å². The highest BCUT2D eigenvalue weighted by molar-refractivity contribution is 5.97. The topological polar surface area (TPSA) is 58.6 Å². The average molecular weight is 259 g/mol. The lowest BCUT2D eigenvalue weighted by Gasteiger charge is -2.15. The molecule has 0 aromatic heterocycles. The summed E-state index contributed by atoms with van der Waals surface area (Å²) in [5.74, 6) is -0.732. The highest BCUT2D eigenvalue weighted by atomic mass is 19.3. The van der Waals surface area contributed by atoms with Crippen molar-refractivity contribution in [3.63, 3.8) is 0 Å². The number of carbonyl (C=O) groups is 1. The molecular weight excluding hydrogens is 244 g/mol. The summed E-state index contributed by atoms with van der Waals surface area (Å²) in [5.41, 5.74) is 0.0182. The fraction of sp³-hybridized carbons (Fsp3) is 0.417. The minimum Gasteiger partial charge on any atom is -0.434 e. The van der Waals surface area contributed by atoms with Crippen molar-refractivity contribution in [3.05, 3.63) is 29.8 Å². The fourth-order valence-electron chi connectivity index (χ4n) is 1.39. The standard InChI is InChI=1S/C12H15F2NO3/c1-2-8(7-16)15-11(17)9-5-3-4-6-10(9)18-12(13)14/h3-6,8,12,16H,2,7H2,1H3,(H,15,17). The smallest absolute Gasteiger partial charge is 0.387 e. The maximum absolute atomic E-state index is 12.2. The molecule has 6 heteroatoms. The zero-order valence-electron chi connectivity index (χ0n) is 9.90. The summed E-state index contributed by atoms with van der Waals surface area (Å²) in [6.07, 6.45) is 0.542. The fourth-order valence-corrected chi connectivity index (χ4v) is 1.39. The van der Waals surface area contributed by atoms with E-state index in [2.05, 4.69) is 10.1 Å². The van der Waals surface area contributed by atoms with Crippen LogP contribution in [0.3, 0.4) is 0 Å². The van der Waals surface area contributed by atoms with Crippen LogP contribution >= 0.6 is 0 Å². The Hall–Kier alpha value is -1.69. The lowest BCUT2D eigenvalue weighted by Crippen LogP contribution is -2.37. The van der Waals surface area contributed by atoms with E-state index in [1.165, 1.54) is 18.2 Å². The molecule has 0 radical (unpaired) electrons. The molecule has 1 amide bonds. The highest BCUT2D eigenvalue weighted by Crippen LogP contribution is 2.20. The molecule has 0 spiro atoms. The molecule has 1 atom stereocenters. The van der Waals surface area contributed by atoms with Crippen LogP contribution in [0, 0.1) is 0 Å². The van der Waals surface area contributed by atoms with Crippen molar-refractivity contribution in [2.24, 2.45) is 0 Å². The number of aliphatic hydroxyl groups is 1. The molecule has 0 bridgehead atoms. The number of amides is 1. The van der Waals surface area contributed by atoms with Crippen LogP contribution in [0.4, 0.5) is 8.78 Å². The Labute approximate surface area is 104 Å². The molecule has 0 aliphatic heterocycles. The number of ether oxygens (including phenoxy) is 1. The van der Waals surface area contributed by atoms with E-state index in [-0.39, 0.29) is 17.9 Å². The quantitative estimate of drug-likeness (QED) is 0.818. The molecule has 18 heavy (non-hydrogen) atoms. The zero-order valence-corrected chi connectivity index (χ0v) is 9.90. The average Bonchev–Trinajstić information content (AvgIpc) is 2.35. The molecule has 1 aromatic carbocycles. The summed E-state index contributed by atoms with van der Waals surface area (Å²) >= 11 is 0. The zero-order chi connectivity index (χ0) is 13.5. The summed E-state index contributed by atoms with van der Waals surface area (Å²) in [4.78, 5) is 11.8. The summed E-state index contributed by atoms with van der Waals surface area (Å²) in [6.45, 7) is -1.40. The Morgan fingerprint density at radius 2 is 2.11 bits per heavy atom. The van der Waals surface area contributed by atoms with Gasteiger partial charge in [-0.25, -0.2) is 0 Å². The first-order valence-electron chi connectivity index (χ1n) is 5.54. The number of para-hydroxylation sites is 1. The first-order chi connectivity index (χ1) is 8.58. The van der Waals surface area contributed by atoms with Gasteiger partial charge in [-0.1, -0.05) is 19.1 Å². The molecular formula is C12H15F2NO3. The third-order valence-electron chi connectivity index (χ3n) is 2.40. The van der Waals surface area contributed by atoms with E-state index < -0.39 is 18.6 Å². The molecule has 0 aliphatic carbocycles. The second-order valence-corrected chi connectivity index (χ2v) is 3.64. The second kappa shape index (κ2) is 6.90. The van der Waals surface area contributed by atoms with Crippen LogP contribution in [-0.4, -0.2) is 30.3 Å². The lowest BCUT2D eigenvalue weighted by atomic mass is 10.1. The van der Waals surface area contributed by atoms with Crippen molar-refractivity contribution < 1.29 is 23.4 Å². The number of benzene rings is 1. The molecule has 100 valence electrons. The van der Waals surface area contributed by atoms with E-state index >= 15 is 0 Å². The highest BCUT2D eigenvalue weighted by Gasteiger charge is 2.17. The van der Waals surface area contributed by atoms with E-state index in [0.29, 0.717) is 6.42 Å². The number of alkyl halides is 2. The van der Waals surface area contributed by atoms with Gasteiger partial charge in [0, 0.05) is 0 Å². The minimum atomic E-state index is -2.99. The van der Waals surface area contributed by atoms with Gasteiger partial charge < -0.3 is 15.2 Å². The number of halogens is 2. The van der Waals surface area contributed by atoms with Gasteiger partial charge in [-0.3, -0.25) is 4.79 Å². The normalized spacial score (nSPS) is 12.3. The van der Waals surface area contributed by atoms with Crippen LogP contribution in [0.15, 0.2) is 24.3 Å². The predicted octanol–water partition coefficient (Wildman–Crippen LogP) is 1.79. The second-order valence-electron chi connectivity index (χ2n) is 3.64. The first-order valence-corrected chi connectivity index (χ1v) is 5.54. The van der Waals surface area contributed by atoms with Crippen LogP contribution in [0.5, 0.6) is 5.75 Å². The minimum absolute atomic E-state index is 0.0182. The number of rotatable bonds is 6. The Balaban J connectivity index is 2.84. The number of aliphatic hydroxyl groups excluding tert-OH is 1. The molecule has 2 N–H and O–H groups in total. The van der Waals surface area contributed by atoms with Crippen molar-refractivity contribution in [2.75, 3.05) is 6.61 Å². The van der Waals surface area contributed by atoms with Crippen LogP contribution < -0.4 is 10.1 Å². The van der Waals surface area contributed by atoms with E-state index in [4.69, 9.17) is 5.11 Å². The maximum Gasteiger partial charge on any atom is 0.387 e. The van der Waals surface area contributed by atoms with Gasteiger partial charge in [0.05, 0.1) is 18.2 Å². The number of hydrogen-bond donors (Lipinski definition) is 2. The van der Waals surface area contributed by atoms with E-state index in [1.54, 1.807) is 13.0 Å². The van der Waals surface area contributed by atoms with Crippen LogP contribution in [0.1, 0.15) is 23.7 Å². The van der Waals surface area contributed by atoms with Crippen LogP contribution in [-0.2, 0) is 0 Å². The maximum atomic E-state index is 12.2. The van der Waals surface area contributed by atoms with Gasteiger partial charge in [0.25, 0.3) is 5.91 Å². The lowest BCUT2D eigenvalue weighted by molar-refractivity contribution is -0.0501. The molecule has 0 saturated heterocycles. The summed E-state index contributed by atoms with van der Waals surface area (Å²) in [5, 5.41) is 11.5. The third kappa shape index (κ3) is 3.96. The van der Waals surface area contributed by atoms with E-state index in [1.807, 2.05) is 0 Å². The van der Waals surface area contributed by atoms with Crippen molar-refractivity contribution in [3.8, 4) is 5.75 Å². The van der Waals surface area contributed by atoms with Crippen molar-refractivity contribution in [2.45, 2.75) is 26.0 Å². The molecule has 1 unspecified atom stereocenters. The van der Waals surface area contributed by atoms with Gasteiger partial charge in [0.2, 0.25) is 0 Å². The van der Waals surface area contributed by atoms with E-state index in [9.17, 15) is 13.6 Å². The summed E-state index contributed by atoms with van der Waals surface area (Å²) in [6, 6.07) is 5.32. The summed E-state index contributed by atoms with van der Waals surface area (Å²) in [7, 11) is 0. The molecule has 1 rings (SSSR count). The monoisotopic (exact) mass is 259 g/mol. The van der Waals surface area contributed by atoms with Gasteiger partial charge in [0.1, 0.15) is 5.75 Å². The van der Waals surface area contributed by atoms with Gasteiger partial charge in [-0.2, -0.15) is 8.78 Å². The molecule has 0 aliphatic rings. The third-order valence-corrected chi connectivity index (χ3v) is 2.40. The van der Waals surface area contributed by atoms with Crippen molar-refractivity contribution in [1.82, 2.24) is 5.32 Å². The van der Waals surface area contributed by atoms with Gasteiger partial charge >= 0.3 is 6.61 Å². The molecule has 4 nitrogen and oxygen atoms in total. The van der Waals surface area contributed by atoms with Gasteiger partial charge in [-0.15, -0.1) is 0 Å². The molecule has 0 heterocycles. The Morgan fingerprint density at radius 3 is 2.67 bits per heavy atom. The van der Waals surface area contributed by atoms with E-state index in [0.717, 1.165) is 0 Å². The Kier molecular flexibility index (Phi) is 5.51.